The molecule has 2 nitrogen and oxygen atoms in total. The van der Waals surface area contributed by atoms with E-state index < -0.39 is 0 Å². The Balaban J connectivity index is 2.84. The van der Waals surface area contributed by atoms with Crippen molar-refractivity contribution in [3.63, 3.8) is 0 Å². The van der Waals surface area contributed by atoms with Crippen molar-refractivity contribution in [1.82, 2.24) is 0 Å². The van der Waals surface area contributed by atoms with Crippen LogP contribution in [0.3, 0.4) is 0 Å². The van der Waals surface area contributed by atoms with Gasteiger partial charge in [0.1, 0.15) is 0 Å². The number of alkyl halides is 1. The molecule has 0 aliphatic rings. The van der Waals surface area contributed by atoms with Crippen LogP contribution in [-0.4, -0.2) is 17.9 Å². The van der Waals surface area contributed by atoms with E-state index in [1.54, 1.807) is 0 Å². The molecule has 0 saturated heterocycles. The zero-order chi connectivity index (χ0) is 7.82. The molecule has 0 saturated carbocycles. The van der Waals surface area contributed by atoms with Gasteiger partial charge in [-0.3, -0.25) is 4.79 Å². The van der Waals surface area contributed by atoms with Crippen LogP contribution in [0.5, 0.6) is 0 Å². The van der Waals surface area contributed by atoms with E-state index in [-0.39, 0.29) is 5.97 Å². The van der Waals surface area contributed by atoms with Crippen LogP contribution in [0.2, 0.25) is 0 Å². The number of halogens is 1. The van der Waals surface area contributed by atoms with E-state index in [1.165, 1.54) is 6.92 Å². The van der Waals surface area contributed by atoms with Crippen LogP contribution in [0, 0.1) is 0 Å². The Kier molecular flexibility index (Phi) is 7.03. The van der Waals surface area contributed by atoms with Crippen molar-refractivity contribution in [2.24, 2.45) is 0 Å². The molecule has 0 rings (SSSR count). The second kappa shape index (κ2) is 7.06. The third kappa shape index (κ3) is 7.95. The summed E-state index contributed by atoms with van der Waals surface area (Å²) in [6, 6.07) is 0. The molecular weight excluding hydrogens is 196 g/mol. The van der Waals surface area contributed by atoms with E-state index in [9.17, 15) is 4.79 Å². The van der Waals surface area contributed by atoms with E-state index in [0.717, 1.165) is 24.6 Å². The van der Waals surface area contributed by atoms with Crippen LogP contribution in [0.15, 0.2) is 0 Å². The molecule has 0 aromatic rings. The first-order chi connectivity index (χ1) is 4.77. The van der Waals surface area contributed by atoms with Crippen LogP contribution in [0.1, 0.15) is 26.2 Å². The summed E-state index contributed by atoms with van der Waals surface area (Å²) in [5.41, 5.74) is 0. The van der Waals surface area contributed by atoms with E-state index in [1.807, 2.05) is 0 Å². The zero-order valence-corrected chi connectivity index (χ0v) is 7.82. The summed E-state index contributed by atoms with van der Waals surface area (Å²) < 4.78 is 4.73. The number of carbonyl (C=O) groups is 1. The molecule has 0 atom stereocenters. The molecule has 0 spiro atoms. The van der Waals surface area contributed by atoms with E-state index in [2.05, 4.69) is 15.9 Å². The maximum absolute atomic E-state index is 10.2. The van der Waals surface area contributed by atoms with Crippen molar-refractivity contribution in [3.05, 3.63) is 0 Å². The molecule has 0 aliphatic carbocycles. The largest absolute Gasteiger partial charge is 0.466 e. The lowest BCUT2D eigenvalue weighted by molar-refractivity contribution is -0.141. The molecule has 0 fully saturated rings. The SMILES string of the molecule is CC(=O)OCCCCCBr. The highest BCUT2D eigenvalue weighted by molar-refractivity contribution is 9.09. The monoisotopic (exact) mass is 208 g/mol. The molecule has 3 heteroatoms. The summed E-state index contributed by atoms with van der Waals surface area (Å²) in [5, 5.41) is 1.03. The molecule has 60 valence electrons. The van der Waals surface area contributed by atoms with Gasteiger partial charge in [-0.2, -0.15) is 0 Å². The van der Waals surface area contributed by atoms with Crippen molar-refractivity contribution in [2.75, 3.05) is 11.9 Å². The van der Waals surface area contributed by atoms with Gasteiger partial charge >= 0.3 is 5.97 Å². The Morgan fingerprint density at radius 1 is 1.40 bits per heavy atom. The van der Waals surface area contributed by atoms with Gasteiger partial charge in [0.15, 0.2) is 0 Å². The third-order valence-corrected chi connectivity index (χ3v) is 1.64. The minimum Gasteiger partial charge on any atom is -0.466 e. The average Bonchev–Trinajstić information content (AvgIpc) is 1.87. The molecule has 0 unspecified atom stereocenters. The van der Waals surface area contributed by atoms with Crippen molar-refractivity contribution in [1.29, 1.82) is 0 Å². The molecule has 0 aromatic heterocycles. The van der Waals surface area contributed by atoms with Gasteiger partial charge in [0.2, 0.25) is 0 Å². The number of ether oxygens (including phenoxy) is 1. The molecule has 0 heterocycles. The Bertz CT molecular complexity index is 93.6. The Morgan fingerprint density at radius 3 is 2.60 bits per heavy atom. The topological polar surface area (TPSA) is 26.3 Å². The second-order valence-corrected chi connectivity index (χ2v) is 2.88. The van der Waals surface area contributed by atoms with Gasteiger partial charge in [-0.25, -0.2) is 0 Å². The zero-order valence-electron chi connectivity index (χ0n) is 6.23. The van der Waals surface area contributed by atoms with Crippen molar-refractivity contribution < 1.29 is 9.53 Å². The molecular formula is C7H13BrO2. The first-order valence-corrected chi connectivity index (χ1v) is 4.59. The van der Waals surface area contributed by atoms with E-state index >= 15 is 0 Å². The predicted octanol–water partition coefficient (Wildman–Crippen LogP) is 2.11. The summed E-state index contributed by atoms with van der Waals surface area (Å²) in [4.78, 5) is 10.2. The highest BCUT2D eigenvalue weighted by atomic mass is 79.9. The van der Waals surface area contributed by atoms with Crippen LogP contribution >= 0.6 is 15.9 Å². The van der Waals surface area contributed by atoms with Gasteiger partial charge in [-0.15, -0.1) is 0 Å². The fourth-order valence-corrected chi connectivity index (χ4v) is 0.986. The smallest absolute Gasteiger partial charge is 0.302 e. The van der Waals surface area contributed by atoms with Gasteiger partial charge in [-0.05, 0) is 19.3 Å². The maximum atomic E-state index is 10.2. The molecule has 0 N–H and O–H groups in total. The quantitative estimate of drug-likeness (QED) is 0.393. The fourth-order valence-electron chi connectivity index (χ4n) is 0.589. The summed E-state index contributed by atoms with van der Waals surface area (Å²) in [7, 11) is 0. The normalized spacial score (nSPS) is 9.40. The number of hydrogen-bond donors (Lipinski definition) is 0. The number of hydrogen-bond acceptors (Lipinski definition) is 2. The molecule has 0 amide bonds. The Morgan fingerprint density at radius 2 is 2.10 bits per heavy atom. The van der Waals surface area contributed by atoms with Crippen molar-refractivity contribution in [3.8, 4) is 0 Å². The van der Waals surface area contributed by atoms with Crippen LogP contribution in [-0.2, 0) is 9.53 Å². The summed E-state index contributed by atoms with van der Waals surface area (Å²) >= 11 is 3.32. The van der Waals surface area contributed by atoms with E-state index in [4.69, 9.17) is 4.74 Å². The van der Waals surface area contributed by atoms with Gasteiger partial charge in [0.05, 0.1) is 6.61 Å². The molecule has 0 bridgehead atoms. The van der Waals surface area contributed by atoms with Gasteiger partial charge in [0, 0.05) is 12.3 Å². The molecule has 0 aliphatic heterocycles. The first-order valence-electron chi connectivity index (χ1n) is 3.46. The summed E-state index contributed by atoms with van der Waals surface area (Å²) in [5.74, 6) is -0.182. The number of esters is 1. The lowest BCUT2D eigenvalue weighted by Gasteiger charge is -1.99. The summed E-state index contributed by atoms with van der Waals surface area (Å²) in [6.07, 6.45) is 3.25. The summed E-state index contributed by atoms with van der Waals surface area (Å²) in [6.45, 7) is 2.01. The van der Waals surface area contributed by atoms with Crippen LogP contribution < -0.4 is 0 Å². The number of rotatable bonds is 5. The average molecular weight is 209 g/mol. The number of unbranched alkanes of at least 4 members (excludes halogenated alkanes) is 2. The lowest BCUT2D eigenvalue weighted by atomic mass is 10.3. The maximum Gasteiger partial charge on any atom is 0.302 e. The molecule has 10 heavy (non-hydrogen) atoms. The highest BCUT2D eigenvalue weighted by Crippen LogP contribution is 1.98. The minimum absolute atomic E-state index is 0.182. The molecule has 0 aromatic carbocycles. The van der Waals surface area contributed by atoms with Gasteiger partial charge < -0.3 is 4.74 Å². The van der Waals surface area contributed by atoms with Crippen molar-refractivity contribution >= 4 is 21.9 Å². The standard InChI is InChI=1S/C7H13BrO2/c1-7(9)10-6-4-2-3-5-8/h2-6H2,1H3. The highest BCUT2D eigenvalue weighted by Gasteiger charge is 1.91. The lowest BCUT2D eigenvalue weighted by Crippen LogP contribution is -2.00. The van der Waals surface area contributed by atoms with Gasteiger partial charge in [0.25, 0.3) is 0 Å². The first kappa shape index (κ1) is 9.95. The predicted molar refractivity (Wildman–Crippen MR) is 44.3 cm³/mol. The van der Waals surface area contributed by atoms with Crippen molar-refractivity contribution in [2.45, 2.75) is 26.2 Å². The Labute approximate surface area is 70.1 Å². The fraction of sp³-hybridized carbons (Fsp3) is 0.857. The molecule has 0 radical (unpaired) electrons. The minimum atomic E-state index is -0.182. The van der Waals surface area contributed by atoms with E-state index in [0.29, 0.717) is 6.61 Å². The number of carbonyl (C=O) groups excluding carboxylic acids is 1. The third-order valence-electron chi connectivity index (χ3n) is 1.08. The van der Waals surface area contributed by atoms with Crippen LogP contribution in [0.4, 0.5) is 0 Å². The van der Waals surface area contributed by atoms with Gasteiger partial charge in [-0.1, -0.05) is 15.9 Å². The Hall–Kier alpha value is -0.0500. The van der Waals surface area contributed by atoms with Crippen LogP contribution in [0.25, 0.3) is 0 Å². The second-order valence-electron chi connectivity index (χ2n) is 2.09.